The Morgan fingerprint density at radius 2 is 1.70 bits per heavy atom. The van der Waals surface area contributed by atoms with E-state index < -0.39 is 17.7 Å². The molecule has 2 aromatic rings. The molecule has 3 rings (SSSR count). The van der Waals surface area contributed by atoms with Gasteiger partial charge in [0.1, 0.15) is 11.5 Å². The summed E-state index contributed by atoms with van der Waals surface area (Å²) >= 11 is 0. The van der Waals surface area contributed by atoms with E-state index in [-0.39, 0.29) is 24.5 Å². The van der Waals surface area contributed by atoms with Gasteiger partial charge in [0, 0.05) is 12.1 Å². The van der Waals surface area contributed by atoms with Gasteiger partial charge in [0.05, 0.1) is 25.3 Å². The van der Waals surface area contributed by atoms with Gasteiger partial charge in [-0.1, -0.05) is 42.0 Å². The highest BCUT2D eigenvalue weighted by Gasteiger charge is 2.45. The van der Waals surface area contributed by atoms with Crippen molar-refractivity contribution in [3.63, 3.8) is 0 Å². The number of Topliss-reactive ketones (excluding diaryl/α,β-unsaturated/α-hetero) is 1. The Hall–Kier alpha value is -3.12. The number of carbonyl (C=O) groups excluding carboxylic acids is 2. The maximum absolute atomic E-state index is 12.7. The van der Waals surface area contributed by atoms with Crippen molar-refractivity contribution in [1.82, 2.24) is 4.90 Å². The number of likely N-dealkylation sites (tertiary alicyclic amines) is 1. The zero-order chi connectivity index (χ0) is 19.6. The first-order valence-corrected chi connectivity index (χ1v) is 8.58. The van der Waals surface area contributed by atoms with Crippen molar-refractivity contribution in [2.45, 2.75) is 13.0 Å². The highest BCUT2D eigenvalue weighted by molar-refractivity contribution is 6.46. The molecule has 1 amide bonds. The Morgan fingerprint density at radius 3 is 2.26 bits per heavy atom. The van der Waals surface area contributed by atoms with Gasteiger partial charge in [-0.3, -0.25) is 9.59 Å². The Labute approximate surface area is 157 Å². The van der Waals surface area contributed by atoms with Gasteiger partial charge in [0.15, 0.2) is 0 Å². The fourth-order valence-corrected chi connectivity index (χ4v) is 3.22. The summed E-state index contributed by atoms with van der Waals surface area (Å²) in [6.45, 7) is 1.62. The number of ether oxygens (including phenoxy) is 1. The number of nitrogens with zero attached hydrogens (tertiary/aromatic N) is 1. The van der Waals surface area contributed by atoms with Gasteiger partial charge in [-0.05, 0) is 24.6 Å². The first-order valence-electron chi connectivity index (χ1n) is 8.58. The summed E-state index contributed by atoms with van der Waals surface area (Å²) < 4.78 is 5.15. The minimum atomic E-state index is -0.774. The quantitative estimate of drug-likeness (QED) is 0.481. The second-order valence-corrected chi connectivity index (χ2v) is 6.36. The van der Waals surface area contributed by atoms with Crippen LogP contribution in [0, 0.1) is 6.92 Å². The lowest BCUT2D eigenvalue weighted by atomic mass is 9.95. The van der Waals surface area contributed by atoms with Gasteiger partial charge in [0.25, 0.3) is 11.7 Å². The molecule has 1 heterocycles. The van der Waals surface area contributed by atoms with E-state index in [0.717, 1.165) is 5.56 Å². The lowest BCUT2D eigenvalue weighted by Gasteiger charge is -2.24. The average molecular weight is 367 g/mol. The molecule has 1 unspecified atom stereocenters. The second kappa shape index (κ2) is 7.63. The first kappa shape index (κ1) is 18.7. The second-order valence-electron chi connectivity index (χ2n) is 6.36. The van der Waals surface area contributed by atoms with Crippen LogP contribution in [-0.4, -0.2) is 47.1 Å². The largest absolute Gasteiger partial charge is 0.507 e. The number of aryl methyl sites for hydroxylation is 1. The maximum Gasteiger partial charge on any atom is 0.295 e. The summed E-state index contributed by atoms with van der Waals surface area (Å²) in [5.41, 5.74) is 2.14. The lowest BCUT2D eigenvalue weighted by molar-refractivity contribution is -0.140. The van der Waals surface area contributed by atoms with Gasteiger partial charge in [0.2, 0.25) is 0 Å². The number of carbonyl (C=O) groups is 2. The number of aliphatic hydroxyl groups excluding tert-OH is 2. The predicted molar refractivity (Wildman–Crippen MR) is 100 cm³/mol. The van der Waals surface area contributed by atoms with Crippen LogP contribution in [0.15, 0.2) is 54.1 Å². The third kappa shape index (κ3) is 3.44. The van der Waals surface area contributed by atoms with Crippen molar-refractivity contribution in [1.29, 1.82) is 0 Å². The third-order valence-electron chi connectivity index (χ3n) is 4.64. The van der Waals surface area contributed by atoms with Crippen LogP contribution in [0.3, 0.4) is 0 Å². The van der Waals surface area contributed by atoms with E-state index >= 15 is 0 Å². The van der Waals surface area contributed by atoms with Gasteiger partial charge in [-0.25, -0.2) is 0 Å². The molecule has 1 fully saturated rings. The van der Waals surface area contributed by atoms with Crippen LogP contribution in [0.5, 0.6) is 5.75 Å². The highest BCUT2D eigenvalue weighted by atomic mass is 16.5. The number of rotatable bonds is 5. The first-order chi connectivity index (χ1) is 13.0. The summed E-state index contributed by atoms with van der Waals surface area (Å²) in [4.78, 5) is 26.4. The van der Waals surface area contributed by atoms with Crippen LogP contribution in [0.25, 0.3) is 5.76 Å². The summed E-state index contributed by atoms with van der Waals surface area (Å²) in [5, 5.41) is 20.2. The van der Waals surface area contributed by atoms with Crippen LogP contribution in [0.2, 0.25) is 0 Å². The molecule has 1 atom stereocenters. The van der Waals surface area contributed by atoms with E-state index in [2.05, 4.69) is 0 Å². The summed E-state index contributed by atoms with van der Waals surface area (Å²) in [5.74, 6) is -1.09. The number of β-amino-alcohol motifs (C(OH)–C–C–N with tert-alkyl or cyclic N) is 1. The van der Waals surface area contributed by atoms with Gasteiger partial charge >= 0.3 is 0 Å². The van der Waals surface area contributed by atoms with Crippen LogP contribution in [0.4, 0.5) is 0 Å². The molecule has 140 valence electrons. The fourth-order valence-electron chi connectivity index (χ4n) is 3.22. The Kier molecular flexibility index (Phi) is 5.28. The summed E-state index contributed by atoms with van der Waals surface area (Å²) in [6.07, 6.45) is 0. The zero-order valence-corrected chi connectivity index (χ0v) is 15.2. The Balaban J connectivity index is 2.15. The molecule has 1 saturated heterocycles. The van der Waals surface area contributed by atoms with Crippen LogP contribution < -0.4 is 4.74 Å². The molecule has 0 radical (unpaired) electrons. The van der Waals surface area contributed by atoms with Gasteiger partial charge in [-0.2, -0.15) is 0 Å². The maximum atomic E-state index is 12.7. The van der Waals surface area contributed by atoms with Crippen LogP contribution >= 0.6 is 0 Å². The topological polar surface area (TPSA) is 87.1 Å². The minimum Gasteiger partial charge on any atom is -0.507 e. The normalized spacial score (nSPS) is 18.8. The van der Waals surface area contributed by atoms with Crippen molar-refractivity contribution >= 4 is 17.4 Å². The number of hydrogen-bond donors (Lipinski definition) is 2. The number of hydrogen-bond acceptors (Lipinski definition) is 5. The molecule has 2 N–H and O–H groups in total. The Morgan fingerprint density at radius 1 is 1.07 bits per heavy atom. The number of ketones is 1. The van der Waals surface area contributed by atoms with Crippen molar-refractivity contribution in [2.24, 2.45) is 0 Å². The van der Waals surface area contributed by atoms with E-state index in [1.165, 1.54) is 4.90 Å². The van der Waals surface area contributed by atoms with Crippen LogP contribution in [0.1, 0.15) is 22.7 Å². The number of amides is 1. The molecule has 0 saturated carbocycles. The zero-order valence-electron chi connectivity index (χ0n) is 15.2. The Bertz CT molecular complexity index is 884. The molecule has 6 heteroatoms. The lowest BCUT2D eigenvalue weighted by Crippen LogP contribution is -2.32. The summed E-state index contributed by atoms with van der Waals surface area (Å²) in [6, 6.07) is 13.2. The molecule has 2 aromatic carbocycles. The minimum absolute atomic E-state index is 0.00799. The molecule has 1 aliphatic heterocycles. The van der Waals surface area contributed by atoms with Crippen LogP contribution in [-0.2, 0) is 9.59 Å². The van der Waals surface area contributed by atoms with Crippen molar-refractivity contribution in [3.8, 4) is 5.75 Å². The number of aliphatic hydroxyl groups is 2. The van der Waals surface area contributed by atoms with E-state index in [4.69, 9.17) is 4.74 Å². The molecule has 0 aromatic heterocycles. The van der Waals surface area contributed by atoms with E-state index in [9.17, 15) is 19.8 Å². The number of benzene rings is 2. The summed E-state index contributed by atoms with van der Waals surface area (Å²) in [7, 11) is 1.55. The monoisotopic (exact) mass is 367 g/mol. The molecule has 0 spiro atoms. The van der Waals surface area contributed by atoms with E-state index in [0.29, 0.717) is 16.9 Å². The smallest absolute Gasteiger partial charge is 0.295 e. The number of methoxy groups -OCH3 is 1. The molecule has 6 nitrogen and oxygen atoms in total. The predicted octanol–water partition coefficient (Wildman–Crippen LogP) is 2.42. The molecular formula is C21H21NO5. The van der Waals surface area contributed by atoms with E-state index in [1.807, 2.05) is 19.1 Å². The molecule has 27 heavy (non-hydrogen) atoms. The van der Waals surface area contributed by atoms with Crippen molar-refractivity contribution in [3.05, 3.63) is 70.8 Å². The third-order valence-corrected chi connectivity index (χ3v) is 4.64. The van der Waals surface area contributed by atoms with E-state index in [1.54, 1.807) is 43.5 Å². The standard InChI is InChI=1S/C21H21NO5/c1-13-3-5-15(6-4-13)19(24)17-18(14-7-9-16(27-2)10-8-14)22(11-12-23)21(26)20(17)25/h3-10,18,23-24H,11-12H2,1-2H3/b19-17+. The average Bonchev–Trinajstić information content (AvgIpc) is 2.93. The molecule has 0 bridgehead atoms. The fraction of sp³-hybridized carbons (Fsp3) is 0.238. The molecule has 1 aliphatic rings. The van der Waals surface area contributed by atoms with Gasteiger partial charge < -0.3 is 19.8 Å². The SMILES string of the molecule is COc1ccc(C2/C(=C(\O)c3ccc(C)cc3)C(=O)C(=O)N2CCO)cc1. The molecular weight excluding hydrogens is 346 g/mol. The van der Waals surface area contributed by atoms with Gasteiger partial charge in [-0.15, -0.1) is 0 Å². The van der Waals surface area contributed by atoms with Crippen molar-refractivity contribution in [2.75, 3.05) is 20.3 Å². The van der Waals surface area contributed by atoms with Crippen molar-refractivity contribution < 1.29 is 24.5 Å². The molecule has 0 aliphatic carbocycles. The highest BCUT2D eigenvalue weighted by Crippen LogP contribution is 2.39.